The minimum absolute atomic E-state index is 0.0786. The summed E-state index contributed by atoms with van der Waals surface area (Å²) >= 11 is 0. The van der Waals surface area contributed by atoms with E-state index in [2.05, 4.69) is 46.9 Å². The Kier molecular flexibility index (Phi) is 5.40. The van der Waals surface area contributed by atoms with Crippen LogP contribution in [0.5, 0.6) is 0 Å². The lowest BCUT2D eigenvalue weighted by Gasteiger charge is -2.37. The Balaban J connectivity index is 1.25. The van der Waals surface area contributed by atoms with Gasteiger partial charge in [0.25, 0.3) is 5.56 Å². The third-order valence-corrected chi connectivity index (χ3v) is 6.63. The first-order valence-electron chi connectivity index (χ1n) is 11.5. The SMILES string of the molecule is Cc1ccc(C)c(N2CCN(C(=O)CCn3cnc4c([nH]c5ccc(C)cc54)c3=O)CC2)c1. The summed E-state index contributed by atoms with van der Waals surface area (Å²) < 4.78 is 1.54. The molecule has 5 rings (SSSR count). The fraction of sp³-hybridized carbons (Fsp3) is 0.346. The third-order valence-electron chi connectivity index (χ3n) is 6.63. The monoisotopic (exact) mass is 443 g/mol. The summed E-state index contributed by atoms with van der Waals surface area (Å²) in [6, 6.07) is 12.5. The lowest BCUT2D eigenvalue weighted by atomic mass is 10.1. The Morgan fingerprint density at radius 3 is 2.52 bits per heavy atom. The van der Waals surface area contributed by atoms with E-state index in [0.717, 1.165) is 29.6 Å². The minimum atomic E-state index is -0.138. The number of H-pyrrole nitrogens is 1. The number of nitrogens with zero attached hydrogens (tertiary/aromatic N) is 4. The van der Waals surface area contributed by atoms with E-state index in [4.69, 9.17) is 0 Å². The van der Waals surface area contributed by atoms with Crippen molar-refractivity contribution < 1.29 is 4.79 Å². The van der Waals surface area contributed by atoms with E-state index in [1.54, 1.807) is 6.33 Å². The van der Waals surface area contributed by atoms with Crippen LogP contribution < -0.4 is 10.5 Å². The van der Waals surface area contributed by atoms with E-state index in [1.165, 1.54) is 21.4 Å². The highest BCUT2D eigenvalue weighted by Gasteiger charge is 2.22. The van der Waals surface area contributed by atoms with Gasteiger partial charge in [0.2, 0.25) is 5.91 Å². The summed E-state index contributed by atoms with van der Waals surface area (Å²) in [5.74, 6) is 0.0786. The second kappa shape index (κ2) is 8.39. The average molecular weight is 444 g/mol. The van der Waals surface area contributed by atoms with Gasteiger partial charge in [-0.15, -0.1) is 0 Å². The van der Waals surface area contributed by atoms with Gasteiger partial charge >= 0.3 is 0 Å². The molecule has 0 radical (unpaired) electrons. The van der Waals surface area contributed by atoms with Gasteiger partial charge in [-0.25, -0.2) is 4.98 Å². The topological polar surface area (TPSA) is 74.2 Å². The highest BCUT2D eigenvalue weighted by molar-refractivity contribution is 6.04. The smallest absolute Gasteiger partial charge is 0.277 e. The maximum absolute atomic E-state index is 13.0. The molecule has 7 nitrogen and oxygen atoms in total. The van der Waals surface area contributed by atoms with Gasteiger partial charge < -0.3 is 14.8 Å². The molecule has 7 heteroatoms. The van der Waals surface area contributed by atoms with E-state index in [-0.39, 0.29) is 17.9 Å². The molecule has 0 unspecified atom stereocenters. The first-order valence-corrected chi connectivity index (χ1v) is 11.5. The second-order valence-electron chi connectivity index (χ2n) is 9.05. The number of anilines is 1. The van der Waals surface area contributed by atoms with Crippen molar-refractivity contribution in [3.63, 3.8) is 0 Å². The van der Waals surface area contributed by atoms with Gasteiger partial charge in [0, 0.05) is 55.7 Å². The maximum atomic E-state index is 13.0. The van der Waals surface area contributed by atoms with Crippen LogP contribution in [0.3, 0.4) is 0 Å². The first-order chi connectivity index (χ1) is 15.9. The first kappa shape index (κ1) is 21.2. The van der Waals surface area contributed by atoms with Gasteiger partial charge in [-0.2, -0.15) is 0 Å². The lowest BCUT2D eigenvalue weighted by molar-refractivity contribution is -0.131. The van der Waals surface area contributed by atoms with Crippen LogP contribution >= 0.6 is 0 Å². The van der Waals surface area contributed by atoms with Crippen molar-refractivity contribution in [1.29, 1.82) is 0 Å². The van der Waals surface area contributed by atoms with Crippen molar-refractivity contribution in [1.82, 2.24) is 19.4 Å². The van der Waals surface area contributed by atoms with Gasteiger partial charge in [0.1, 0.15) is 11.0 Å². The molecule has 1 saturated heterocycles. The van der Waals surface area contributed by atoms with E-state index in [9.17, 15) is 9.59 Å². The molecule has 2 aromatic heterocycles. The molecule has 33 heavy (non-hydrogen) atoms. The molecule has 1 N–H and O–H groups in total. The zero-order valence-electron chi connectivity index (χ0n) is 19.4. The Bertz CT molecular complexity index is 1410. The summed E-state index contributed by atoms with van der Waals surface area (Å²) in [6.07, 6.45) is 1.85. The molecule has 1 fully saturated rings. The fourth-order valence-electron chi connectivity index (χ4n) is 4.69. The largest absolute Gasteiger partial charge is 0.368 e. The van der Waals surface area contributed by atoms with Gasteiger partial charge in [-0.3, -0.25) is 14.2 Å². The van der Waals surface area contributed by atoms with Crippen LogP contribution in [0.1, 0.15) is 23.1 Å². The molecule has 0 saturated carbocycles. The fourth-order valence-corrected chi connectivity index (χ4v) is 4.69. The third kappa shape index (κ3) is 3.99. The number of hydrogen-bond acceptors (Lipinski definition) is 4. The lowest BCUT2D eigenvalue weighted by Crippen LogP contribution is -2.49. The highest BCUT2D eigenvalue weighted by Crippen LogP contribution is 2.24. The molecule has 1 aliphatic rings. The summed E-state index contributed by atoms with van der Waals surface area (Å²) in [5, 5.41) is 0.951. The number of carbonyl (C=O) groups excluding carboxylic acids is 1. The van der Waals surface area contributed by atoms with E-state index < -0.39 is 0 Å². The predicted molar refractivity (Wildman–Crippen MR) is 132 cm³/mol. The van der Waals surface area contributed by atoms with Crippen LogP contribution in [-0.4, -0.2) is 51.5 Å². The zero-order valence-corrected chi connectivity index (χ0v) is 19.4. The van der Waals surface area contributed by atoms with Crippen LogP contribution in [0.4, 0.5) is 5.69 Å². The number of aryl methyl sites for hydroxylation is 4. The average Bonchev–Trinajstić information content (AvgIpc) is 3.19. The number of aromatic nitrogens is 3. The summed E-state index contributed by atoms with van der Waals surface area (Å²) in [4.78, 5) is 37.8. The molecule has 0 spiro atoms. The van der Waals surface area contributed by atoms with Crippen molar-refractivity contribution in [3.05, 3.63) is 69.8 Å². The number of benzene rings is 2. The number of nitrogens with one attached hydrogen (secondary N) is 1. The summed E-state index contributed by atoms with van der Waals surface area (Å²) in [7, 11) is 0. The summed E-state index contributed by atoms with van der Waals surface area (Å²) in [6.45, 7) is 9.60. The Hall–Kier alpha value is -3.61. The molecule has 1 aliphatic heterocycles. The van der Waals surface area contributed by atoms with Crippen LogP contribution in [0.25, 0.3) is 21.9 Å². The summed E-state index contributed by atoms with van der Waals surface area (Å²) in [5.41, 5.74) is 6.82. The Labute approximate surface area is 192 Å². The molecule has 2 aromatic carbocycles. The standard InChI is InChI=1S/C26H29N5O2/c1-17-5-7-21-20(14-17)24-25(28-21)26(33)31(16-27-24)9-8-23(32)30-12-10-29(11-13-30)22-15-18(2)4-6-19(22)3/h4-7,14-16,28H,8-13H2,1-3H3. The molecular weight excluding hydrogens is 414 g/mol. The van der Waals surface area contributed by atoms with Crippen LogP contribution in [0.15, 0.2) is 47.5 Å². The molecule has 170 valence electrons. The number of rotatable bonds is 4. The molecule has 0 atom stereocenters. The Morgan fingerprint density at radius 1 is 1.00 bits per heavy atom. The number of aromatic amines is 1. The normalized spacial score (nSPS) is 14.4. The molecule has 3 heterocycles. The van der Waals surface area contributed by atoms with Crippen molar-refractivity contribution in [2.24, 2.45) is 0 Å². The number of fused-ring (bicyclic) bond motifs is 3. The van der Waals surface area contributed by atoms with E-state index in [1.807, 2.05) is 30.0 Å². The van der Waals surface area contributed by atoms with Crippen molar-refractivity contribution in [2.75, 3.05) is 31.1 Å². The van der Waals surface area contributed by atoms with Crippen LogP contribution in [-0.2, 0) is 11.3 Å². The van der Waals surface area contributed by atoms with Gasteiger partial charge in [-0.05, 0) is 50.1 Å². The quantitative estimate of drug-likeness (QED) is 0.524. The zero-order chi connectivity index (χ0) is 23.1. The number of amides is 1. The Morgan fingerprint density at radius 2 is 1.73 bits per heavy atom. The highest BCUT2D eigenvalue weighted by atomic mass is 16.2. The van der Waals surface area contributed by atoms with Crippen molar-refractivity contribution in [3.8, 4) is 0 Å². The van der Waals surface area contributed by atoms with Crippen molar-refractivity contribution >= 4 is 33.5 Å². The van der Waals surface area contributed by atoms with Gasteiger partial charge in [0.05, 0.1) is 6.33 Å². The van der Waals surface area contributed by atoms with Crippen LogP contribution in [0.2, 0.25) is 0 Å². The van der Waals surface area contributed by atoms with E-state index >= 15 is 0 Å². The second-order valence-corrected chi connectivity index (χ2v) is 9.05. The molecular formula is C26H29N5O2. The molecule has 0 aliphatic carbocycles. The molecule has 4 aromatic rings. The maximum Gasteiger partial charge on any atom is 0.277 e. The van der Waals surface area contributed by atoms with Crippen molar-refractivity contribution in [2.45, 2.75) is 33.7 Å². The number of piperazine rings is 1. The minimum Gasteiger partial charge on any atom is -0.368 e. The number of hydrogen-bond donors (Lipinski definition) is 1. The number of carbonyl (C=O) groups is 1. The van der Waals surface area contributed by atoms with Gasteiger partial charge in [-0.1, -0.05) is 23.8 Å². The van der Waals surface area contributed by atoms with E-state index in [0.29, 0.717) is 30.7 Å². The predicted octanol–water partition coefficient (Wildman–Crippen LogP) is 3.54. The van der Waals surface area contributed by atoms with Crippen LogP contribution in [0, 0.1) is 20.8 Å². The molecule has 1 amide bonds. The molecule has 0 bridgehead atoms. The van der Waals surface area contributed by atoms with Gasteiger partial charge in [0.15, 0.2) is 0 Å².